The molecular weight excluding hydrogens is 356 g/mol. The summed E-state index contributed by atoms with van der Waals surface area (Å²) in [5.74, 6) is 0.766. The molecule has 5 nitrogen and oxygen atoms in total. The van der Waals surface area contributed by atoms with Gasteiger partial charge in [-0.3, -0.25) is 4.79 Å². The molecule has 3 rings (SSSR count). The SMILES string of the molecule is CN(C)S(=O)(=O)c1ccc(C(=O)N[C@H]2CCSc3ccccc32)cc1. The van der Waals surface area contributed by atoms with E-state index in [1.54, 1.807) is 23.9 Å². The van der Waals surface area contributed by atoms with E-state index >= 15 is 0 Å². The summed E-state index contributed by atoms with van der Waals surface area (Å²) in [7, 11) is -0.526. The Kier molecular flexibility index (Phi) is 5.17. The summed E-state index contributed by atoms with van der Waals surface area (Å²) in [5.41, 5.74) is 1.59. The van der Waals surface area contributed by atoms with Crippen molar-refractivity contribution in [1.82, 2.24) is 9.62 Å². The van der Waals surface area contributed by atoms with Crippen molar-refractivity contribution in [2.24, 2.45) is 0 Å². The van der Waals surface area contributed by atoms with Crippen molar-refractivity contribution in [2.75, 3.05) is 19.8 Å². The van der Waals surface area contributed by atoms with E-state index in [9.17, 15) is 13.2 Å². The average Bonchev–Trinajstić information content (AvgIpc) is 2.62. The highest BCUT2D eigenvalue weighted by Crippen LogP contribution is 2.35. The van der Waals surface area contributed by atoms with Crippen molar-refractivity contribution < 1.29 is 13.2 Å². The maximum atomic E-state index is 12.5. The highest BCUT2D eigenvalue weighted by atomic mass is 32.2. The van der Waals surface area contributed by atoms with E-state index in [-0.39, 0.29) is 16.8 Å². The fourth-order valence-electron chi connectivity index (χ4n) is 2.72. The van der Waals surface area contributed by atoms with Crippen molar-refractivity contribution in [3.8, 4) is 0 Å². The van der Waals surface area contributed by atoms with Crippen molar-refractivity contribution in [1.29, 1.82) is 0 Å². The maximum Gasteiger partial charge on any atom is 0.251 e. The van der Waals surface area contributed by atoms with Gasteiger partial charge in [0.15, 0.2) is 0 Å². The Morgan fingerprint density at radius 1 is 1.12 bits per heavy atom. The number of benzene rings is 2. The Morgan fingerprint density at radius 2 is 1.80 bits per heavy atom. The lowest BCUT2D eigenvalue weighted by molar-refractivity contribution is 0.0935. The summed E-state index contributed by atoms with van der Waals surface area (Å²) >= 11 is 1.80. The minimum absolute atomic E-state index is 0.0184. The van der Waals surface area contributed by atoms with Crippen molar-refractivity contribution in [3.63, 3.8) is 0 Å². The third-order valence-corrected chi connectivity index (χ3v) is 7.11. The predicted octanol–water partition coefficient (Wildman–Crippen LogP) is 2.90. The van der Waals surface area contributed by atoms with E-state index in [1.165, 1.54) is 31.1 Å². The molecule has 0 radical (unpaired) electrons. The van der Waals surface area contributed by atoms with Gasteiger partial charge in [0.05, 0.1) is 10.9 Å². The molecule has 0 saturated carbocycles. The van der Waals surface area contributed by atoms with Crippen molar-refractivity contribution in [2.45, 2.75) is 22.3 Å². The van der Waals surface area contributed by atoms with Crippen LogP contribution in [-0.4, -0.2) is 38.5 Å². The van der Waals surface area contributed by atoms with Crippen molar-refractivity contribution >= 4 is 27.7 Å². The van der Waals surface area contributed by atoms with Gasteiger partial charge in [-0.2, -0.15) is 0 Å². The van der Waals surface area contributed by atoms with Crippen LogP contribution in [0.15, 0.2) is 58.3 Å². The predicted molar refractivity (Wildman–Crippen MR) is 99.3 cm³/mol. The van der Waals surface area contributed by atoms with Crippen LogP contribution in [0.25, 0.3) is 0 Å². The molecule has 0 unspecified atom stereocenters. The van der Waals surface area contributed by atoms with Crippen LogP contribution < -0.4 is 5.32 Å². The van der Waals surface area contributed by atoms with E-state index in [1.807, 2.05) is 18.2 Å². The third kappa shape index (κ3) is 3.73. The second-order valence-electron chi connectivity index (χ2n) is 6.01. The van der Waals surface area contributed by atoms with E-state index in [4.69, 9.17) is 0 Å². The van der Waals surface area contributed by atoms with Gasteiger partial charge >= 0.3 is 0 Å². The van der Waals surface area contributed by atoms with Crippen LogP contribution in [0.3, 0.4) is 0 Å². The lowest BCUT2D eigenvalue weighted by Gasteiger charge is -2.26. The standard InChI is InChI=1S/C18H20N2O3S2/c1-20(2)25(22,23)14-9-7-13(8-10-14)18(21)19-16-11-12-24-17-6-4-3-5-15(16)17/h3-10,16H,11-12H2,1-2H3,(H,19,21)/t16-/m0/s1. The molecule has 2 aromatic rings. The second-order valence-corrected chi connectivity index (χ2v) is 9.30. The van der Waals surface area contributed by atoms with Crippen LogP contribution >= 0.6 is 11.8 Å². The molecule has 2 aromatic carbocycles. The molecule has 1 aliphatic heterocycles. The number of carbonyl (C=O) groups is 1. The fraction of sp³-hybridized carbons (Fsp3) is 0.278. The third-order valence-electron chi connectivity index (χ3n) is 4.16. The molecule has 0 saturated heterocycles. The molecule has 1 amide bonds. The molecule has 0 bridgehead atoms. The van der Waals surface area contributed by atoms with Gasteiger partial charge < -0.3 is 5.32 Å². The smallest absolute Gasteiger partial charge is 0.251 e. The first-order valence-electron chi connectivity index (χ1n) is 7.95. The average molecular weight is 377 g/mol. The number of rotatable bonds is 4. The lowest BCUT2D eigenvalue weighted by Crippen LogP contribution is -2.30. The number of nitrogens with one attached hydrogen (secondary N) is 1. The maximum absolute atomic E-state index is 12.5. The van der Waals surface area contributed by atoms with Crippen LogP contribution in [0.5, 0.6) is 0 Å². The summed E-state index contributed by atoms with van der Waals surface area (Å²) < 4.78 is 25.3. The van der Waals surface area contributed by atoms with Crippen LogP contribution in [0.2, 0.25) is 0 Å². The van der Waals surface area contributed by atoms with Gasteiger partial charge in [0, 0.05) is 30.3 Å². The van der Waals surface area contributed by atoms with E-state index in [2.05, 4.69) is 11.4 Å². The van der Waals surface area contributed by atoms with Crippen LogP contribution in [0.4, 0.5) is 0 Å². The number of thioether (sulfide) groups is 1. The number of fused-ring (bicyclic) bond motifs is 1. The Balaban J connectivity index is 1.77. The zero-order valence-electron chi connectivity index (χ0n) is 14.1. The number of hydrogen-bond donors (Lipinski definition) is 1. The highest BCUT2D eigenvalue weighted by Gasteiger charge is 2.23. The molecule has 1 N–H and O–H groups in total. The monoisotopic (exact) mass is 376 g/mol. The fourth-order valence-corrected chi connectivity index (χ4v) is 4.75. The van der Waals surface area contributed by atoms with E-state index < -0.39 is 10.0 Å². The number of carbonyl (C=O) groups excluding carboxylic acids is 1. The molecule has 1 aliphatic rings. The van der Waals surface area contributed by atoms with Gasteiger partial charge in [0.1, 0.15) is 0 Å². The quantitative estimate of drug-likeness (QED) is 0.891. The van der Waals surface area contributed by atoms with Gasteiger partial charge in [-0.05, 0) is 42.3 Å². The van der Waals surface area contributed by atoms with Gasteiger partial charge in [0.2, 0.25) is 10.0 Å². The van der Waals surface area contributed by atoms with E-state index in [0.717, 1.165) is 22.0 Å². The zero-order valence-corrected chi connectivity index (χ0v) is 15.7. The van der Waals surface area contributed by atoms with Crippen LogP contribution in [0.1, 0.15) is 28.4 Å². The first-order chi connectivity index (χ1) is 11.9. The minimum atomic E-state index is -3.49. The molecule has 0 fully saturated rings. The number of nitrogens with zero attached hydrogens (tertiary/aromatic N) is 1. The highest BCUT2D eigenvalue weighted by molar-refractivity contribution is 7.99. The molecular formula is C18H20N2O3S2. The normalized spacial score (nSPS) is 17.2. The topological polar surface area (TPSA) is 66.5 Å². The Bertz CT molecular complexity index is 877. The Labute approximate surface area is 152 Å². The van der Waals surface area contributed by atoms with Gasteiger partial charge in [-0.15, -0.1) is 11.8 Å². The summed E-state index contributed by atoms with van der Waals surface area (Å²) in [6, 6.07) is 14.1. The molecule has 0 spiro atoms. The lowest BCUT2D eigenvalue weighted by atomic mass is 10.0. The van der Waals surface area contributed by atoms with Gasteiger partial charge in [0.25, 0.3) is 5.91 Å². The van der Waals surface area contributed by atoms with Gasteiger partial charge in [-0.25, -0.2) is 12.7 Å². The molecule has 132 valence electrons. The second kappa shape index (κ2) is 7.19. The van der Waals surface area contributed by atoms with Crippen molar-refractivity contribution in [3.05, 3.63) is 59.7 Å². The Hall–Kier alpha value is -1.83. The molecule has 25 heavy (non-hydrogen) atoms. The summed E-state index contributed by atoms with van der Waals surface area (Å²) in [4.78, 5) is 13.9. The first-order valence-corrected chi connectivity index (χ1v) is 10.4. The van der Waals surface area contributed by atoms with Crippen LogP contribution in [-0.2, 0) is 10.0 Å². The van der Waals surface area contributed by atoms with Gasteiger partial charge in [-0.1, -0.05) is 18.2 Å². The van der Waals surface area contributed by atoms with Crippen LogP contribution in [0, 0.1) is 0 Å². The molecule has 7 heteroatoms. The summed E-state index contributed by atoms with van der Waals surface area (Å²) in [6.07, 6.45) is 0.876. The number of sulfonamides is 1. The molecule has 1 atom stereocenters. The molecule has 1 heterocycles. The molecule has 0 aliphatic carbocycles. The zero-order chi connectivity index (χ0) is 18.0. The number of amides is 1. The number of hydrogen-bond acceptors (Lipinski definition) is 4. The largest absolute Gasteiger partial charge is 0.345 e. The minimum Gasteiger partial charge on any atom is -0.345 e. The molecule has 0 aromatic heterocycles. The van der Waals surface area contributed by atoms with E-state index in [0.29, 0.717) is 5.56 Å². The first kappa shape index (κ1) is 18.0. The summed E-state index contributed by atoms with van der Waals surface area (Å²) in [5, 5.41) is 3.06. The Morgan fingerprint density at radius 3 is 2.48 bits per heavy atom. The summed E-state index contributed by atoms with van der Waals surface area (Å²) in [6.45, 7) is 0.